The van der Waals surface area contributed by atoms with Crippen LogP contribution in [0.25, 0.3) is 16.9 Å². The average Bonchev–Trinajstić information content (AvgIpc) is 2.81. The molecule has 0 aliphatic carbocycles. The smallest absolute Gasteiger partial charge is 0.142 e. The van der Waals surface area contributed by atoms with Crippen molar-refractivity contribution in [3.8, 4) is 11.3 Å². The van der Waals surface area contributed by atoms with Gasteiger partial charge >= 0.3 is 0 Å². The third kappa shape index (κ3) is 1.40. The number of nitrogens with two attached hydrogens (primary N) is 1. The number of aromatic nitrogens is 4. The van der Waals surface area contributed by atoms with Gasteiger partial charge in [0.25, 0.3) is 0 Å². The summed E-state index contributed by atoms with van der Waals surface area (Å²) in [7, 11) is 1.90. The van der Waals surface area contributed by atoms with Crippen molar-refractivity contribution in [2.45, 2.75) is 13.8 Å². The van der Waals surface area contributed by atoms with Crippen molar-refractivity contribution in [2.24, 2.45) is 7.05 Å². The lowest BCUT2D eigenvalue weighted by Gasteiger charge is -1.98. The molecule has 3 aromatic heterocycles. The summed E-state index contributed by atoms with van der Waals surface area (Å²) >= 11 is 0. The summed E-state index contributed by atoms with van der Waals surface area (Å²) in [4.78, 5) is 4.64. The highest BCUT2D eigenvalue weighted by atomic mass is 15.3. The van der Waals surface area contributed by atoms with Crippen molar-refractivity contribution in [3.63, 3.8) is 0 Å². The number of nitrogens with zero attached hydrogens (tertiary/aromatic N) is 4. The van der Waals surface area contributed by atoms with E-state index in [2.05, 4.69) is 10.1 Å². The molecule has 0 spiro atoms. The Labute approximate surface area is 105 Å². The van der Waals surface area contributed by atoms with E-state index in [0.29, 0.717) is 5.82 Å². The van der Waals surface area contributed by atoms with Crippen LogP contribution in [-0.4, -0.2) is 19.2 Å². The van der Waals surface area contributed by atoms with E-state index >= 15 is 0 Å². The second kappa shape index (κ2) is 3.60. The Hall–Kier alpha value is -2.30. The predicted molar refractivity (Wildman–Crippen MR) is 71.3 cm³/mol. The molecule has 0 aromatic carbocycles. The molecule has 5 heteroatoms. The van der Waals surface area contributed by atoms with E-state index in [9.17, 15) is 0 Å². The molecule has 92 valence electrons. The van der Waals surface area contributed by atoms with Gasteiger partial charge in [0.1, 0.15) is 17.2 Å². The van der Waals surface area contributed by atoms with Crippen LogP contribution in [0.3, 0.4) is 0 Å². The van der Waals surface area contributed by atoms with E-state index in [1.807, 2.05) is 49.8 Å². The number of anilines is 1. The van der Waals surface area contributed by atoms with Gasteiger partial charge in [0, 0.05) is 25.0 Å². The first-order valence-corrected chi connectivity index (χ1v) is 5.81. The van der Waals surface area contributed by atoms with Crippen LogP contribution in [0, 0.1) is 13.8 Å². The van der Waals surface area contributed by atoms with Gasteiger partial charge in [-0.25, -0.2) is 4.98 Å². The molecule has 18 heavy (non-hydrogen) atoms. The second-order valence-electron chi connectivity index (χ2n) is 4.53. The Morgan fingerprint density at radius 1 is 1.28 bits per heavy atom. The monoisotopic (exact) mass is 241 g/mol. The van der Waals surface area contributed by atoms with Crippen LogP contribution in [0.4, 0.5) is 5.82 Å². The first kappa shape index (κ1) is 10.8. The quantitative estimate of drug-likeness (QED) is 0.708. The maximum absolute atomic E-state index is 6.18. The third-order valence-corrected chi connectivity index (χ3v) is 3.15. The van der Waals surface area contributed by atoms with Gasteiger partial charge in [-0.05, 0) is 25.5 Å². The number of pyridine rings is 1. The summed E-state index contributed by atoms with van der Waals surface area (Å²) in [6.45, 7) is 3.99. The second-order valence-corrected chi connectivity index (χ2v) is 4.53. The molecule has 0 aliphatic rings. The summed E-state index contributed by atoms with van der Waals surface area (Å²) in [5.41, 5.74) is 10.9. The summed E-state index contributed by atoms with van der Waals surface area (Å²) in [6, 6.07) is 4.00. The van der Waals surface area contributed by atoms with Gasteiger partial charge in [-0.1, -0.05) is 6.07 Å². The molecular formula is C13H15N5. The molecule has 3 heterocycles. The molecule has 2 N–H and O–H groups in total. The molecule has 0 bridgehead atoms. The number of nitrogen functional groups attached to an aromatic ring is 1. The Balaban J connectivity index is 2.34. The molecule has 0 fully saturated rings. The third-order valence-electron chi connectivity index (χ3n) is 3.15. The predicted octanol–water partition coefficient (Wildman–Crippen LogP) is 1.93. The normalized spacial score (nSPS) is 11.3. The minimum atomic E-state index is 0.657. The minimum Gasteiger partial charge on any atom is -0.383 e. The zero-order chi connectivity index (χ0) is 12.9. The van der Waals surface area contributed by atoms with Gasteiger partial charge in [-0.2, -0.15) is 5.10 Å². The molecule has 0 aliphatic heterocycles. The van der Waals surface area contributed by atoms with Crippen molar-refractivity contribution in [1.82, 2.24) is 19.2 Å². The summed E-state index contributed by atoms with van der Waals surface area (Å²) in [5, 5.41) is 4.33. The van der Waals surface area contributed by atoms with Gasteiger partial charge in [-0.3, -0.25) is 9.08 Å². The molecule has 3 aromatic rings. The van der Waals surface area contributed by atoms with Gasteiger partial charge in [0.2, 0.25) is 0 Å². The highest BCUT2D eigenvalue weighted by Crippen LogP contribution is 2.29. The van der Waals surface area contributed by atoms with Gasteiger partial charge in [0.05, 0.1) is 5.69 Å². The number of hydrogen-bond acceptors (Lipinski definition) is 3. The maximum Gasteiger partial charge on any atom is 0.142 e. The van der Waals surface area contributed by atoms with Crippen molar-refractivity contribution in [1.29, 1.82) is 0 Å². The summed E-state index contributed by atoms with van der Waals surface area (Å²) in [6.07, 6.45) is 3.88. The maximum atomic E-state index is 6.18. The van der Waals surface area contributed by atoms with Gasteiger partial charge in [-0.15, -0.1) is 0 Å². The highest BCUT2D eigenvalue weighted by Gasteiger charge is 2.16. The summed E-state index contributed by atoms with van der Waals surface area (Å²) < 4.78 is 3.69. The van der Waals surface area contributed by atoms with Crippen LogP contribution in [0.1, 0.15) is 11.3 Å². The molecule has 0 atom stereocenters. The van der Waals surface area contributed by atoms with Crippen molar-refractivity contribution < 1.29 is 0 Å². The van der Waals surface area contributed by atoms with Gasteiger partial charge in [0.15, 0.2) is 0 Å². The Kier molecular flexibility index (Phi) is 2.16. The molecule has 0 radical (unpaired) electrons. The molecule has 0 unspecified atom stereocenters. The largest absolute Gasteiger partial charge is 0.383 e. The van der Waals surface area contributed by atoms with E-state index in [0.717, 1.165) is 28.2 Å². The fourth-order valence-electron chi connectivity index (χ4n) is 2.25. The number of hydrogen-bond donors (Lipinski definition) is 1. The lowest BCUT2D eigenvalue weighted by Crippen LogP contribution is -1.94. The van der Waals surface area contributed by atoms with Crippen LogP contribution in [0.2, 0.25) is 0 Å². The van der Waals surface area contributed by atoms with Gasteiger partial charge < -0.3 is 5.73 Å². The Morgan fingerprint density at radius 3 is 2.67 bits per heavy atom. The molecule has 5 nitrogen and oxygen atoms in total. The number of aryl methyl sites for hydroxylation is 3. The number of imidazole rings is 1. The fraction of sp³-hybridized carbons (Fsp3) is 0.231. The Bertz CT molecular complexity index is 735. The molecule has 3 rings (SSSR count). The topological polar surface area (TPSA) is 61.1 Å². The lowest BCUT2D eigenvalue weighted by atomic mass is 10.2. The van der Waals surface area contributed by atoms with E-state index in [4.69, 9.17) is 5.73 Å². The van der Waals surface area contributed by atoms with E-state index < -0.39 is 0 Å². The van der Waals surface area contributed by atoms with E-state index in [-0.39, 0.29) is 0 Å². The van der Waals surface area contributed by atoms with Crippen molar-refractivity contribution >= 4 is 11.5 Å². The molecule has 0 saturated heterocycles. The minimum absolute atomic E-state index is 0.657. The summed E-state index contributed by atoms with van der Waals surface area (Å²) in [5.74, 6) is 0.657. The number of rotatable bonds is 1. The first-order chi connectivity index (χ1) is 8.58. The highest BCUT2D eigenvalue weighted by molar-refractivity contribution is 5.76. The molecular weight excluding hydrogens is 226 g/mol. The van der Waals surface area contributed by atoms with Crippen LogP contribution in [0.5, 0.6) is 0 Å². The van der Waals surface area contributed by atoms with Crippen LogP contribution in [-0.2, 0) is 7.05 Å². The first-order valence-electron chi connectivity index (χ1n) is 5.81. The zero-order valence-corrected chi connectivity index (χ0v) is 10.7. The van der Waals surface area contributed by atoms with Crippen molar-refractivity contribution in [2.75, 3.05) is 5.73 Å². The van der Waals surface area contributed by atoms with Crippen molar-refractivity contribution in [3.05, 3.63) is 35.8 Å². The van der Waals surface area contributed by atoms with Crippen LogP contribution >= 0.6 is 0 Å². The van der Waals surface area contributed by atoms with E-state index in [1.54, 1.807) is 4.68 Å². The standard InChI is InChI=1S/C13H15N5/c1-8-5-4-6-18-12(14)11(15-13(8)18)10-7-17(3)16-9(10)2/h4-7H,14H2,1-3H3. The molecule has 0 saturated carbocycles. The fourth-order valence-corrected chi connectivity index (χ4v) is 2.25. The van der Waals surface area contributed by atoms with Crippen LogP contribution in [0.15, 0.2) is 24.5 Å². The average molecular weight is 241 g/mol. The zero-order valence-electron chi connectivity index (χ0n) is 10.7. The Morgan fingerprint density at radius 2 is 2.06 bits per heavy atom. The molecule has 0 amide bonds. The lowest BCUT2D eigenvalue weighted by molar-refractivity contribution is 0.756. The SMILES string of the molecule is Cc1nn(C)cc1-c1nc2c(C)cccn2c1N. The van der Waals surface area contributed by atoms with E-state index in [1.165, 1.54) is 0 Å². The number of fused-ring (bicyclic) bond motifs is 1. The van der Waals surface area contributed by atoms with Crippen LogP contribution < -0.4 is 5.73 Å².